The zero-order valence-corrected chi connectivity index (χ0v) is 10.0. The monoisotopic (exact) mass is 240 g/mol. The fourth-order valence-electron chi connectivity index (χ4n) is 1.40. The fraction of sp³-hybridized carbons (Fsp3) is 0.455. The summed E-state index contributed by atoms with van der Waals surface area (Å²) in [5.41, 5.74) is 5.52. The number of thiocarbonyl (C=S) groups is 1. The van der Waals surface area contributed by atoms with Crippen LogP contribution in [-0.4, -0.2) is 10.9 Å². The summed E-state index contributed by atoms with van der Waals surface area (Å²) >= 11 is 4.87. The number of nitrogens with two attached hydrogens (primary N) is 1. The van der Waals surface area contributed by atoms with Crippen LogP contribution in [0.2, 0.25) is 0 Å². The van der Waals surface area contributed by atoms with Crippen LogP contribution in [0.4, 0.5) is 0 Å². The van der Waals surface area contributed by atoms with Gasteiger partial charge >= 0.3 is 0 Å². The van der Waals surface area contributed by atoms with Crippen LogP contribution in [0.1, 0.15) is 25.5 Å². The summed E-state index contributed by atoms with van der Waals surface area (Å²) in [4.78, 5) is 12.0. The maximum atomic E-state index is 11.7. The molecule has 1 unspecified atom stereocenters. The Balaban J connectivity index is 2.46. The molecular formula is C11H16N2O2S. The lowest BCUT2D eigenvalue weighted by Crippen LogP contribution is -2.37. The second-order valence-electron chi connectivity index (χ2n) is 3.54. The molecule has 4 nitrogen and oxygen atoms in total. The predicted octanol–water partition coefficient (Wildman–Crippen LogP) is 1.60. The van der Waals surface area contributed by atoms with Crippen molar-refractivity contribution in [2.75, 3.05) is 0 Å². The Morgan fingerprint density at radius 2 is 2.44 bits per heavy atom. The van der Waals surface area contributed by atoms with E-state index in [4.69, 9.17) is 22.4 Å². The van der Waals surface area contributed by atoms with Crippen molar-refractivity contribution in [2.24, 2.45) is 11.7 Å². The lowest BCUT2D eigenvalue weighted by molar-refractivity contribution is -0.123. The molecule has 0 radical (unpaired) electrons. The summed E-state index contributed by atoms with van der Waals surface area (Å²) in [6.07, 6.45) is 3.12. The van der Waals surface area contributed by atoms with E-state index >= 15 is 0 Å². The average molecular weight is 240 g/mol. The van der Waals surface area contributed by atoms with Gasteiger partial charge in [-0.05, 0) is 18.6 Å². The van der Waals surface area contributed by atoms with E-state index in [0.717, 1.165) is 6.42 Å². The second-order valence-corrected chi connectivity index (χ2v) is 4.01. The minimum atomic E-state index is -0.380. The maximum absolute atomic E-state index is 11.7. The van der Waals surface area contributed by atoms with E-state index in [1.165, 1.54) is 0 Å². The van der Waals surface area contributed by atoms with Gasteiger partial charge in [-0.15, -0.1) is 0 Å². The number of hydrogen-bond donors (Lipinski definition) is 2. The van der Waals surface area contributed by atoms with Crippen molar-refractivity contribution < 1.29 is 9.21 Å². The number of furan rings is 1. The highest BCUT2D eigenvalue weighted by atomic mass is 32.1. The van der Waals surface area contributed by atoms with Crippen LogP contribution in [0.3, 0.4) is 0 Å². The first kappa shape index (κ1) is 12.7. The van der Waals surface area contributed by atoms with Gasteiger partial charge in [0.25, 0.3) is 0 Å². The molecular weight excluding hydrogens is 224 g/mol. The van der Waals surface area contributed by atoms with E-state index in [1.54, 1.807) is 18.4 Å². The summed E-state index contributed by atoms with van der Waals surface area (Å²) in [6, 6.07) is 3.58. The van der Waals surface area contributed by atoms with Crippen molar-refractivity contribution >= 4 is 23.1 Å². The van der Waals surface area contributed by atoms with Crippen molar-refractivity contribution in [1.82, 2.24) is 5.32 Å². The van der Waals surface area contributed by atoms with E-state index in [0.29, 0.717) is 18.7 Å². The quantitative estimate of drug-likeness (QED) is 0.741. The molecule has 5 heteroatoms. The number of amides is 1. The van der Waals surface area contributed by atoms with Gasteiger partial charge in [0.1, 0.15) is 5.76 Å². The van der Waals surface area contributed by atoms with Gasteiger partial charge in [-0.3, -0.25) is 4.79 Å². The van der Waals surface area contributed by atoms with Gasteiger partial charge in [-0.25, -0.2) is 0 Å². The molecule has 0 saturated carbocycles. The Labute approximate surface area is 100 Å². The summed E-state index contributed by atoms with van der Waals surface area (Å²) in [6.45, 7) is 2.36. The van der Waals surface area contributed by atoms with Crippen LogP contribution in [-0.2, 0) is 11.3 Å². The van der Waals surface area contributed by atoms with Crippen LogP contribution in [0.5, 0.6) is 0 Å². The van der Waals surface area contributed by atoms with Gasteiger partial charge in [0, 0.05) is 0 Å². The zero-order valence-electron chi connectivity index (χ0n) is 9.23. The third-order valence-electron chi connectivity index (χ3n) is 2.25. The highest BCUT2D eigenvalue weighted by molar-refractivity contribution is 7.80. The Bertz CT molecular complexity index is 349. The van der Waals surface area contributed by atoms with E-state index < -0.39 is 0 Å². The minimum Gasteiger partial charge on any atom is -0.467 e. The molecule has 0 aliphatic heterocycles. The Kier molecular flexibility index (Phi) is 4.98. The summed E-state index contributed by atoms with van der Waals surface area (Å²) < 4.78 is 5.11. The smallest absolute Gasteiger partial charge is 0.230 e. The SMILES string of the molecule is CCCC(C(=O)NCc1ccco1)C(N)=S. The number of hydrogen-bond acceptors (Lipinski definition) is 3. The fourth-order valence-corrected chi connectivity index (χ4v) is 1.63. The van der Waals surface area contributed by atoms with Crippen LogP contribution in [0.25, 0.3) is 0 Å². The zero-order chi connectivity index (χ0) is 12.0. The van der Waals surface area contributed by atoms with Crippen molar-refractivity contribution in [2.45, 2.75) is 26.3 Å². The van der Waals surface area contributed by atoms with E-state index in [9.17, 15) is 4.79 Å². The van der Waals surface area contributed by atoms with Gasteiger partial charge in [-0.1, -0.05) is 25.6 Å². The number of carbonyl (C=O) groups is 1. The van der Waals surface area contributed by atoms with Crippen LogP contribution < -0.4 is 11.1 Å². The summed E-state index contributed by atoms with van der Waals surface area (Å²) in [5, 5.41) is 2.75. The van der Waals surface area contributed by atoms with Crippen LogP contribution >= 0.6 is 12.2 Å². The van der Waals surface area contributed by atoms with Gasteiger partial charge in [0.2, 0.25) is 5.91 Å². The number of nitrogens with one attached hydrogen (secondary N) is 1. The highest BCUT2D eigenvalue weighted by Crippen LogP contribution is 2.08. The van der Waals surface area contributed by atoms with Gasteiger partial charge in [-0.2, -0.15) is 0 Å². The van der Waals surface area contributed by atoms with Crippen LogP contribution in [0.15, 0.2) is 22.8 Å². The van der Waals surface area contributed by atoms with E-state index in [1.807, 2.05) is 6.92 Å². The highest BCUT2D eigenvalue weighted by Gasteiger charge is 2.19. The Morgan fingerprint density at radius 1 is 1.69 bits per heavy atom. The maximum Gasteiger partial charge on any atom is 0.230 e. The van der Waals surface area contributed by atoms with Crippen molar-refractivity contribution in [3.05, 3.63) is 24.2 Å². The molecule has 1 rings (SSSR count). The molecule has 0 aliphatic carbocycles. The van der Waals surface area contributed by atoms with Gasteiger partial charge in [0.15, 0.2) is 0 Å². The third kappa shape index (κ3) is 3.66. The minimum absolute atomic E-state index is 0.134. The molecule has 1 atom stereocenters. The molecule has 0 fully saturated rings. The van der Waals surface area contributed by atoms with Crippen molar-refractivity contribution in [3.8, 4) is 0 Å². The molecule has 0 saturated heterocycles. The first-order valence-corrected chi connectivity index (χ1v) is 5.65. The van der Waals surface area contributed by atoms with Gasteiger partial charge in [0.05, 0.1) is 23.7 Å². The summed E-state index contributed by atoms with van der Waals surface area (Å²) in [5.74, 6) is 0.201. The molecule has 88 valence electrons. The lowest BCUT2D eigenvalue weighted by Gasteiger charge is -2.13. The largest absolute Gasteiger partial charge is 0.467 e. The Hall–Kier alpha value is -1.36. The molecule has 0 aromatic carbocycles. The third-order valence-corrected chi connectivity index (χ3v) is 2.54. The van der Waals surface area contributed by atoms with Crippen molar-refractivity contribution in [3.63, 3.8) is 0 Å². The molecule has 16 heavy (non-hydrogen) atoms. The van der Waals surface area contributed by atoms with Gasteiger partial charge < -0.3 is 15.5 Å². The molecule has 1 amide bonds. The summed E-state index contributed by atoms with van der Waals surface area (Å²) in [7, 11) is 0. The van der Waals surface area contributed by atoms with Crippen molar-refractivity contribution in [1.29, 1.82) is 0 Å². The number of rotatable bonds is 6. The standard InChI is InChI=1S/C11H16N2O2S/c1-2-4-9(10(12)16)11(14)13-7-8-5-3-6-15-8/h3,5-6,9H,2,4,7H2,1H3,(H2,12,16)(H,13,14). The predicted molar refractivity (Wildman–Crippen MR) is 65.7 cm³/mol. The second kappa shape index (κ2) is 6.27. The van der Waals surface area contributed by atoms with E-state index in [2.05, 4.69) is 5.32 Å². The van der Waals surface area contributed by atoms with E-state index in [-0.39, 0.29) is 16.8 Å². The molecule has 1 aromatic heterocycles. The molecule has 1 heterocycles. The first-order valence-electron chi connectivity index (χ1n) is 5.24. The molecule has 3 N–H and O–H groups in total. The molecule has 1 aromatic rings. The average Bonchev–Trinajstić information content (AvgIpc) is 2.75. The number of carbonyl (C=O) groups excluding carboxylic acids is 1. The van der Waals surface area contributed by atoms with Crippen LogP contribution in [0, 0.1) is 5.92 Å². The molecule has 0 spiro atoms. The topological polar surface area (TPSA) is 68.3 Å². The molecule has 0 bridgehead atoms. The molecule has 0 aliphatic rings. The first-order chi connectivity index (χ1) is 7.65. The normalized spacial score (nSPS) is 12.1. The lowest BCUT2D eigenvalue weighted by atomic mass is 10.0. The Morgan fingerprint density at radius 3 is 2.94 bits per heavy atom.